The number of hydrogen-bond acceptors (Lipinski definition) is 9. The van der Waals surface area contributed by atoms with Gasteiger partial charge >= 0.3 is 11.7 Å². The summed E-state index contributed by atoms with van der Waals surface area (Å²) < 4.78 is 12.0. The molecule has 1 aliphatic heterocycles. The lowest BCUT2D eigenvalue weighted by Crippen LogP contribution is -2.34. The van der Waals surface area contributed by atoms with Crippen LogP contribution in [0, 0.1) is 6.92 Å². The number of rotatable bonds is 7. The first-order chi connectivity index (χ1) is 14.9. The zero-order valence-corrected chi connectivity index (χ0v) is 16.3. The molecule has 1 aliphatic rings. The minimum absolute atomic E-state index is 0.0438. The molecule has 1 saturated heterocycles. The zero-order chi connectivity index (χ0) is 22.4. The van der Waals surface area contributed by atoms with Crippen molar-refractivity contribution in [1.82, 2.24) is 24.8 Å². The van der Waals surface area contributed by atoms with Crippen molar-refractivity contribution in [2.24, 2.45) is 5.11 Å². The number of hydrogen-bond donors (Lipinski definition) is 2. The summed E-state index contributed by atoms with van der Waals surface area (Å²) in [7, 11) is 0. The molecule has 2 N–H and O–H groups in total. The van der Waals surface area contributed by atoms with Crippen molar-refractivity contribution in [3.8, 4) is 0 Å². The number of carbonyl (C=O) groups excluding carboxylic acids is 2. The summed E-state index contributed by atoms with van der Waals surface area (Å²) >= 11 is 0. The molecule has 3 unspecified atom stereocenters. The van der Waals surface area contributed by atoms with E-state index in [1.807, 2.05) is 0 Å². The van der Waals surface area contributed by atoms with Crippen molar-refractivity contribution in [2.75, 3.05) is 13.2 Å². The Balaban J connectivity index is 1.58. The second-order valence-corrected chi connectivity index (χ2v) is 6.57. The Labute approximate surface area is 173 Å². The summed E-state index contributed by atoms with van der Waals surface area (Å²) in [5.74, 6) is -1.34. The fourth-order valence-electron chi connectivity index (χ4n) is 2.91. The van der Waals surface area contributed by atoms with Gasteiger partial charge in [-0.1, -0.05) is 5.11 Å². The third-order valence-corrected chi connectivity index (χ3v) is 4.46. The summed E-state index contributed by atoms with van der Waals surface area (Å²) in [4.78, 5) is 59.9. The fourth-order valence-corrected chi connectivity index (χ4v) is 2.91. The molecule has 14 heteroatoms. The molecule has 2 aromatic heterocycles. The highest BCUT2D eigenvalue weighted by molar-refractivity contribution is 5.93. The van der Waals surface area contributed by atoms with Crippen molar-refractivity contribution < 1.29 is 19.1 Å². The van der Waals surface area contributed by atoms with Crippen molar-refractivity contribution >= 4 is 11.9 Å². The average Bonchev–Trinajstić information content (AvgIpc) is 3.16. The Bertz CT molecular complexity index is 1120. The zero-order valence-electron chi connectivity index (χ0n) is 16.3. The first-order valence-electron chi connectivity index (χ1n) is 9.10. The minimum Gasteiger partial charge on any atom is -0.462 e. The molecule has 0 saturated carbocycles. The van der Waals surface area contributed by atoms with Crippen LogP contribution in [-0.2, 0) is 14.3 Å². The van der Waals surface area contributed by atoms with Gasteiger partial charge in [-0.15, -0.1) is 0 Å². The second-order valence-electron chi connectivity index (χ2n) is 6.57. The van der Waals surface area contributed by atoms with Crippen LogP contribution in [0.1, 0.15) is 28.7 Å². The number of aryl methyl sites for hydroxylation is 1. The Kier molecular flexibility index (Phi) is 6.74. The maximum absolute atomic E-state index is 12.1. The van der Waals surface area contributed by atoms with E-state index >= 15 is 0 Å². The van der Waals surface area contributed by atoms with Crippen LogP contribution in [0.4, 0.5) is 0 Å². The number of esters is 1. The van der Waals surface area contributed by atoms with Gasteiger partial charge in [-0.2, -0.15) is 0 Å². The summed E-state index contributed by atoms with van der Waals surface area (Å²) in [6.07, 6.45) is 3.83. The minimum atomic E-state index is -0.821. The Hall–Kier alpha value is -4.03. The van der Waals surface area contributed by atoms with Gasteiger partial charge in [0.1, 0.15) is 31.2 Å². The molecular weight excluding hydrogens is 412 g/mol. The first-order valence-corrected chi connectivity index (χ1v) is 9.10. The van der Waals surface area contributed by atoms with Crippen LogP contribution in [0.3, 0.4) is 0 Å². The highest BCUT2D eigenvalue weighted by atomic mass is 16.6. The smallest absolute Gasteiger partial charge is 0.330 e. The van der Waals surface area contributed by atoms with Gasteiger partial charge in [0, 0.05) is 35.5 Å². The third kappa shape index (κ3) is 5.32. The normalized spacial score (nSPS) is 20.0. The molecule has 1 amide bonds. The Morgan fingerprint density at radius 2 is 2.26 bits per heavy atom. The predicted octanol–water partition coefficient (Wildman–Crippen LogP) is -0.425. The lowest BCUT2D eigenvalue weighted by molar-refractivity contribution is -0.147. The van der Waals surface area contributed by atoms with E-state index in [1.54, 1.807) is 0 Å². The largest absolute Gasteiger partial charge is 0.462 e. The quantitative estimate of drug-likeness (QED) is 0.255. The highest BCUT2D eigenvalue weighted by Crippen LogP contribution is 2.30. The van der Waals surface area contributed by atoms with Gasteiger partial charge in [-0.05, 0) is 12.5 Å². The molecule has 31 heavy (non-hydrogen) atoms. The Morgan fingerprint density at radius 1 is 1.45 bits per heavy atom. The number of nitrogens with one attached hydrogen (secondary N) is 2. The van der Waals surface area contributed by atoms with Gasteiger partial charge in [-0.25, -0.2) is 9.78 Å². The maximum atomic E-state index is 12.1. The second kappa shape index (κ2) is 9.65. The summed E-state index contributed by atoms with van der Waals surface area (Å²) in [5.41, 5.74) is 7.94. The lowest BCUT2D eigenvalue weighted by Gasteiger charge is -2.17. The van der Waals surface area contributed by atoms with E-state index in [9.17, 15) is 19.2 Å². The number of H-pyrrole nitrogens is 1. The number of aromatic amines is 1. The molecule has 0 aliphatic carbocycles. The highest BCUT2D eigenvalue weighted by Gasteiger charge is 2.37. The molecule has 0 aromatic carbocycles. The number of ether oxygens (including phenoxy) is 2. The molecule has 3 atom stereocenters. The van der Waals surface area contributed by atoms with Gasteiger partial charge in [-0.3, -0.25) is 28.9 Å². The number of aromatic nitrogens is 4. The van der Waals surface area contributed by atoms with Gasteiger partial charge in [0.05, 0.1) is 12.2 Å². The fraction of sp³-hybridized carbons (Fsp3) is 0.412. The van der Waals surface area contributed by atoms with Crippen molar-refractivity contribution in [2.45, 2.75) is 31.7 Å². The van der Waals surface area contributed by atoms with Crippen molar-refractivity contribution in [3.05, 3.63) is 67.3 Å². The predicted molar refractivity (Wildman–Crippen MR) is 103 cm³/mol. The van der Waals surface area contributed by atoms with Crippen LogP contribution in [0.5, 0.6) is 0 Å². The molecule has 2 aromatic rings. The van der Waals surface area contributed by atoms with Crippen LogP contribution < -0.4 is 16.6 Å². The van der Waals surface area contributed by atoms with Crippen LogP contribution in [0.2, 0.25) is 0 Å². The van der Waals surface area contributed by atoms with E-state index in [1.165, 1.54) is 36.3 Å². The molecule has 0 spiro atoms. The van der Waals surface area contributed by atoms with E-state index in [2.05, 4.69) is 30.3 Å². The van der Waals surface area contributed by atoms with Crippen molar-refractivity contribution in [1.29, 1.82) is 0 Å². The first kappa shape index (κ1) is 21.7. The molecule has 3 rings (SSSR count). The number of carbonyl (C=O) groups is 2. The van der Waals surface area contributed by atoms with Gasteiger partial charge < -0.3 is 14.8 Å². The molecule has 14 nitrogen and oxygen atoms in total. The van der Waals surface area contributed by atoms with Gasteiger partial charge in [0.2, 0.25) is 0 Å². The molecule has 1 fully saturated rings. The average molecular weight is 430 g/mol. The topological polar surface area (TPSA) is 194 Å². The lowest BCUT2D eigenvalue weighted by atomic mass is 10.1. The standard InChI is InChI=1S/C17H18N8O6/c1-9-7-25(17(29)22-15(9)27)13-4-10(23-24-18)12(31-13)8-30-14(26)6-21-16(28)11-5-19-2-3-20-11/h2-3,5,7,10,12-13H,4,6,8H2,1H3,(H,21,28)(H,22,27,29). The van der Waals surface area contributed by atoms with Gasteiger partial charge in [0.15, 0.2) is 0 Å². The molecule has 0 bridgehead atoms. The van der Waals surface area contributed by atoms with E-state index in [0.29, 0.717) is 5.56 Å². The molecule has 0 radical (unpaired) electrons. The van der Waals surface area contributed by atoms with Gasteiger partial charge in [0.25, 0.3) is 11.5 Å². The summed E-state index contributed by atoms with van der Waals surface area (Å²) in [6, 6.07) is -0.712. The monoisotopic (exact) mass is 430 g/mol. The van der Waals surface area contributed by atoms with Crippen LogP contribution >= 0.6 is 0 Å². The van der Waals surface area contributed by atoms with Crippen LogP contribution in [0.25, 0.3) is 10.4 Å². The van der Waals surface area contributed by atoms with E-state index in [0.717, 1.165) is 0 Å². The van der Waals surface area contributed by atoms with Crippen molar-refractivity contribution in [3.63, 3.8) is 0 Å². The Morgan fingerprint density at radius 3 is 2.97 bits per heavy atom. The molecule has 3 heterocycles. The summed E-state index contributed by atoms with van der Waals surface area (Å²) in [6.45, 7) is 0.844. The van der Waals surface area contributed by atoms with E-state index < -0.39 is 48.0 Å². The molecular formula is C17H18N8O6. The van der Waals surface area contributed by atoms with Crippen LogP contribution in [0.15, 0.2) is 39.5 Å². The van der Waals surface area contributed by atoms with E-state index in [4.69, 9.17) is 15.0 Å². The SMILES string of the molecule is Cc1cn(C2CC(N=[N+]=[N-])C(COC(=O)CNC(=O)c3cnccn3)O2)c(=O)[nH]c1=O. The maximum Gasteiger partial charge on any atom is 0.330 e. The van der Waals surface area contributed by atoms with Crippen LogP contribution in [-0.4, -0.2) is 56.7 Å². The van der Waals surface area contributed by atoms with E-state index in [-0.39, 0.29) is 18.7 Å². The number of nitrogens with zero attached hydrogens (tertiary/aromatic N) is 6. The third-order valence-electron chi connectivity index (χ3n) is 4.46. The summed E-state index contributed by atoms with van der Waals surface area (Å²) in [5, 5.41) is 5.98. The number of amides is 1. The molecule has 162 valence electrons. The number of azide groups is 1.